The molecule has 1 saturated heterocycles. The van der Waals surface area contributed by atoms with Crippen LogP contribution in [0.5, 0.6) is 0 Å². The van der Waals surface area contributed by atoms with Gasteiger partial charge in [0.15, 0.2) is 0 Å². The molecule has 8 heteroatoms. The normalized spacial score (nSPS) is 14.7. The van der Waals surface area contributed by atoms with Gasteiger partial charge in [-0.25, -0.2) is 4.39 Å². The molecule has 0 bridgehead atoms. The van der Waals surface area contributed by atoms with Crippen LogP contribution in [0.3, 0.4) is 0 Å². The number of fused-ring (bicyclic) bond motifs is 1. The predicted molar refractivity (Wildman–Crippen MR) is 98.9 cm³/mol. The van der Waals surface area contributed by atoms with Gasteiger partial charge in [-0.1, -0.05) is 0 Å². The number of hydrogen-bond acceptors (Lipinski definition) is 5. The maximum Gasteiger partial charge on any atom is 0.246 e. The van der Waals surface area contributed by atoms with Gasteiger partial charge in [0.05, 0.1) is 35.2 Å². The Morgan fingerprint density at radius 3 is 2.74 bits per heavy atom. The number of halogens is 1. The van der Waals surface area contributed by atoms with Crippen LogP contribution in [0, 0.1) is 24.1 Å². The Labute approximate surface area is 155 Å². The van der Waals surface area contributed by atoms with E-state index in [4.69, 9.17) is 0 Å². The number of carbonyl (C=O) groups excluding carboxylic acids is 1. The van der Waals surface area contributed by atoms with Crippen LogP contribution in [0.2, 0.25) is 0 Å². The average Bonchev–Trinajstić information content (AvgIpc) is 3.06. The van der Waals surface area contributed by atoms with Crippen molar-refractivity contribution >= 4 is 28.2 Å². The number of carbonyl (C=O) groups is 1. The van der Waals surface area contributed by atoms with Crippen LogP contribution in [0.25, 0.3) is 10.9 Å². The summed E-state index contributed by atoms with van der Waals surface area (Å²) in [6, 6.07) is 4.91. The number of aromatic nitrogens is 3. The molecule has 0 radical (unpaired) electrons. The molecule has 1 aromatic carbocycles. The first kappa shape index (κ1) is 17.0. The minimum absolute atomic E-state index is 0.0955. The summed E-state index contributed by atoms with van der Waals surface area (Å²) >= 11 is 0. The van der Waals surface area contributed by atoms with E-state index in [1.165, 1.54) is 18.3 Å². The largest absolute Gasteiger partial charge is 0.359 e. The molecule has 0 atom stereocenters. The van der Waals surface area contributed by atoms with Gasteiger partial charge in [0, 0.05) is 37.9 Å². The van der Waals surface area contributed by atoms with E-state index in [1.54, 1.807) is 35.9 Å². The van der Waals surface area contributed by atoms with Crippen molar-refractivity contribution in [2.24, 2.45) is 7.05 Å². The molecule has 2 aromatic heterocycles. The number of pyridine rings is 1. The number of anilines is 2. The number of benzene rings is 1. The SMILES string of the molecule is Cc1cc(F)cc2c(N3CCN(c4cnn(C)c4)C(=O)C3)c(C#N)cnc12. The Morgan fingerprint density at radius 1 is 1.26 bits per heavy atom. The lowest BCUT2D eigenvalue weighted by Gasteiger charge is -2.35. The van der Waals surface area contributed by atoms with Gasteiger partial charge in [-0.15, -0.1) is 0 Å². The number of rotatable bonds is 2. The second-order valence-corrected chi connectivity index (χ2v) is 6.59. The fourth-order valence-corrected chi connectivity index (χ4v) is 3.53. The van der Waals surface area contributed by atoms with Crippen LogP contribution in [0.1, 0.15) is 11.1 Å². The standard InChI is InChI=1S/C19H17FN6O/c1-12-5-14(20)6-16-18(12)22-8-13(7-21)19(16)25-3-4-26(17(27)11-25)15-9-23-24(2)10-15/h5-6,8-10H,3-4,11H2,1-2H3. The van der Waals surface area contributed by atoms with Crippen molar-refractivity contribution in [2.75, 3.05) is 29.4 Å². The molecule has 0 unspecified atom stereocenters. The van der Waals surface area contributed by atoms with Gasteiger partial charge in [-0.05, 0) is 24.6 Å². The van der Waals surface area contributed by atoms with Gasteiger partial charge >= 0.3 is 0 Å². The summed E-state index contributed by atoms with van der Waals surface area (Å²) in [4.78, 5) is 20.5. The molecule has 3 aromatic rings. The summed E-state index contributed by atoms with van der Waals surface area (Å²) in [5.41, 5.74) is 2.95. The van der Waals surface area contributed by atoms with Crippen LogP contribution < -0.4 is 9.80 Å². The molecule has 136 valence electrons. The second-order valence-electron chi connectivity index (χ2n) is 6.59. The minimum atomic E-state index is -0.390. The summed E-state index contributed by atoms with van der Waals surface area (Å²) in [7, 11) is 1.80. The Balaban J connectivity index is 1.75. The number of aryl methyl sites for hydroxylation is 2. The lowest BCUT2D eigenvalue weighted by atomic mass is 10.0. The van der Waals surface area contributed by atoms with E-state index in [0.29, 0.717) is 40.8 Å². The van der Waals surface area contributed by atoms with Gasteiger partial charge in [-0.2, -0.15) is 10.4 Å². The van der Waals surface area contributed by atoms with E-state index in [2.05, 4.69) is 16.2 Å². The highest BCUT2D eigenvalue weighted by atomic mass is 19.1. The van der Waals surface area contributed by atoms with Gasteiger partial charge in [-0.3, -0.25) is 14.5 Å². The Bertz CT molecular complexity index is 1100. The van der Waals surface area contributed by atoms with Crippen molar-refractivity contribution in [3.8, 4) is 6.07 Å². The number of piperazine rings is 1. The molecule has 0 N–H and O–H groups in total. The monoisotopic (exact) mass is 364 g/mol. The summed E-state index contributed by atoms with van der Waals surface area (Å²) in [5, 5.41) is 14.2. The van der Waals surface area contributed by atoms with Gasteiger partial charge in [0.1, 0.15) is 11.9 Å². The zero-order valence-electron chi connectivity index (χ0n) is 15.0. The van der Waals surface area contributed by atoms with E-state index < -0.39 is 5.82 Å². The Kier molecular flexibility index (Phi) is 4.00. The summed E-state index contributed by atoms with van der Waals surface area (Å²) < 4.78 is 15.7. The highest BCUT2D eigenvalue weighted by Crippen LogP contribution is 2.33. The third-order valence-corrected chi connectivity index (χ3v) is 4.76. The summed E-state index contributed by atoms with van der Waals surface area (Å²) in [6.07, 6.45) is 4.92. The Hall–Kier alpha value is -3.47. The van der Waals surface area contributed by atoms with Crippen molar-refractivity contribution in [3.05, 3.63) is 47.7 Å². The third-order valence-electron chi connectivity index (χ3n) is 4.76. The lowest BCUT2D eigenvalue weighted by Crippen LogP contribution is -2.50. The number of nitriles is 1. The number of amides is 1. The highest BCUT2D eigenvalue weighted by Gasteiger charge is 2.28. The van der Waals surface area contributed by atoms with Gasteiger partial charge < -0.3 is 9.80 Å². The maximum atomic E-state index is 14.0. The number of hydrogen-bond donors (Lipinski definition) is 0. The fourth-order valence-electron chi connectivity index (χ4n) is 3.53. The van der Waals surface area contributed by atoms with E-state index in [0.717, 1.165) is 5.69 Å². The van der Waals surface area contributed by atoms with Crippen molar-refractivity contribution < 1.29 is 9.18 Å². The zero-order valence-corrected chi connectivity index (χ0v) is 15.0. The van der Waals surface area contributed by atoms with Crippen LogP contribution in [0.15, 0.2) is 30.7 Å². The van der Waals surface area contributed by atoms with E-state index >= 15 is 0 Å². The molecule has 1 aliphatic heterocycles. The quantitative estimate of drug-likeness (QED) is 0.696. The summed E-state index contributed by atoms with van der Waals surface area (Å²) in [5.74, 6) is -0.491. The first-order valence-electron chi connectivity index (χ1n) is 8.51. The minimum Gasteiger partial charge on any atom is -0.359 e. The first-order valence-corrected chi connectivity index (χ1v) is 8.51. The van der Waals surface area contributed by atoms with Gasteiger partial charge in [0.25, 0.3) is 0 Å². The molecular formula is C19H17FN6O. The molecule has 1 aliphatic rings. The smallest absolute Gasteiger partial charge is 0.246 e. The molecule has 27 heavy (non-hydrogen) atoms. The van der Waals surface area contributed by atoms with Crippen LogP contribution in [0.4, 0.5) is 15.8 Å². The van der Waals surface area contributed by atoms with E-state index in [-0.39, 0.29) is 12.5 Å². The third kappa shape index (κ3) is 2.87. The molecular weight excluding hydrogens is 347 g/mol. The molecule has 0 spiro atoms. The molecule has 0 aliphatic carbocycles. The van der Waals surface area contributed by atoms with Crippen LogP contribution >= 0.6 is 0 Å². The van der Waals surface area contributed by atoms with Crippen molar-refractivity contribution in [1.29, 1.82) is 5.26 Å². The molecule has 3 heterocycles. The van der Waals surface area contributed by atoms with Crippen molar-refractivity contribution in [2.45, 2.75) is 6.92 Å². The lowest BCUT2D eigenvalue weighted by molar-refractivity contribution is -0.117. The van der Waals surface area contributed by atoms with Crippen molar-refractivity contribution in [1.82, 2.24) is 14.8 Å². The topological polar surface area (TPSA) is 78.0 Å². The fraction of sp³-hybridized carbons (Fsp3) is 0.263. The van der Waals surface area contributed by atoms with Crippen LogP contribution in [-0.4, -0.2) is 40.3 Å². The van der Waals surface area contributed by atoms with E-state index in [9.17, 15) is 14.4 Å². The van der Waals surface area contributed by atoms with Crippen molar-refractivity contribution in [3.63, 3.8) is 0 Å². The Morgan fingerprint density at radius 2 is 2.07 bits per heavy atom. The predicted octanol–water partition coefficient (Wildman–Crippen LogP) is 2.14. The van der Waals surface area contributed by atoms with Gasteiger partial charge in [0.2, 0.25) is 5.91 Å². The molecule has 7 nitrogen and oxygen atoms in total. The average molecular weight is 364 g/mol. The summed E-state index contributed by atoms with van der Waals surface area (Å²) in [6.45, 7) is 2.84. The second kappa shape index (κ2) is 6.36. The van der Waals surface area contributed by atoms with Crippen LogP contribution in [-0.2, 0) is 11.8 Å². The molecule has 1 amide bonds. The van der Waals surface area contributed by atoms with E-state index in [1.807, 2.05) is 4.90 Å². The first-order chi connectivity index (χ1) is 13.0. The number of nitrogens with zero attached hydrogens (tertiary/aromatic N) is 6. The maximum absolute atomic E-state index is 14.0. The molecule has 0 saturated carbocycles. The zero-order chi connectivity index (χ0) is 19.1. The molecule has 4 rings (SSSR count). The molecule has 1 fully saturated rings. The highest BCUT2D eigenvalue weighted by molar-refractivity contribution is 6.01.